The Balaban J connectivity index is 2.02. The highest BCUT2D eigenvalue weighted by molar-refractivity contribution is 6.33. The van der Waals surface area contributed by atoms with Crippen LogP contribution in [0.2, 0.25) is 10.3 Å². The summed E-state index contributed by atoms with van der Waals surface area (Å²) < 4.78 is 0. The van der Waals surface area contributed by atoms with Gasteiger partial charge in [-0.2, -0.15) is 0 Å². The maximum atomic E-state index is 6.02. The maximum absolute atomic E-state index is 6.02. The van der Waals surface area contributed by atoms with Crippen molar-refractivity contribution in [2.75, 3.05) is 43.5 Å². The SMILES string of the molecule is ClCCN1CCN(c2cc(Cl)nnc2Cl)CC1. The summed E-state index contributed by atoms with van der Waals surface area (Å²) in [6.45, 7) is 4.68. The largest absolute Gasteiger partial charge is 0.366 e. The highest BCUT2D eigenvalue weighted by Crippen LogP contribution is 2.26. The predicted molar refractivity (Wildman–Crippen MR) is 71.4 cm³/mol. The van der Waals surface area contributed by atoms with E-state index in [1.807, 2.05) is 0 Å². The van der Waals surface area contributed by atoms with Gasteiger partial charge in [0, 0.05) is 44.7 Å². The van der Waals surface area contributed by atoms with E-state index in [1.54, 1.807) is 6.07 Å². The van der Waals surface area contributed by atoms with Gasteiger partial charge in [-0.05, 0) is 0 Å². The first-order chi connectivity index (χ1) is 8.20. The van der Waals surface area contributed by atoms with Gasteiger partial charge < -0.3 is 4.90 Å². The molecule has 7 heteroatoms. The summed E-state index contributed by atoms with van der Waals surface area (Å²) >= 11 is 17.6. The zero-order chi connectivity index (χ0) is 12.3. The monoisotopic (exact) mass is 294 g/mol. The molecule has 1 aliphatic rings. The summed E-state index contributed by atoms with van der Waals surface area (Å²) in [5, 5.41) is 8.29. The third-order valence-electron chi connectivity index (χ3n) is 2.81. The number of anilines is 1. The van der Waals surface area contributed by atoms with Crippen molar-refractivity contribution in [3.63, 3.8) is 0 Å². The van der Waals surface area contributed by atoms with Crippen molar-refractivity contribution in [2.45, 2.75) is 0 Å². The van der Waals surface area contributed by atoms with Gasteiger partial charge in [0.2, 0.25) is 0 Å². The van der Waals surface area contributed by atoms with E-state index in [-0.39, 0.29) is 0 Å². The van der Waals surface area contributed by atoms with Crippen molar-refractivity contribution in [1.82, 2.24) is 15.1 Å². The second-order valence-corrected chi connectivity index (χ2v) is 4.98. The Labute approximate surface area is 115 Å². The fourth-order valence-corrected chi connectivity index (χ4v) is 2.49. The quantitative estimate of drug-likeness (QED) is 0.800. The lowest BCUT2D eigenvalue weighted by Gasteiger charge is -2.35. The molecule has 1 aliphatic heterocycles. The van der Waals surface area contributed by atoms with E-state index in [0.717, 1.165) is 38.4 Å². The molecule has 1 saturated heterocycles. The van der Waals surface area contributed by atoms with E-state index in [9.17, 15) is 0 Å². The van der Waals surface area contributed by atoms with Crippen molar-refractivity contribution in [1.29, 1.82) is 0 Å². The third kappa shape index (κ3) is 3.35. The first-order valence-electron chi connectivity index (χ1n) is 5.42. The Morgan fingerprint density at radius 1 is 1.12 bits per heavy atom. The molecule has 1 aromatic heterocycles. The molecule has 0 N–H and O–H groups in total. The number of rotatable bonds is 3. The fraction of sp³-hybridized carbons (Fsp3) is 0.600. The molecule has 1 aromatic rings. The fourth-order valence-electron chi connectivity index (χ4n) is 1.90. The van der Waals surface area contributed by atoms with Gasteiger partial charge in [-0.1, -0.05) is 23.2 Å². The minimum absolute atomic E-state index is 0.368. The molecular formula is C10H13Cl3N4. The number of nitrogens with zero attached hydrogens (tertiary/aromatic N) is 4. The lowest BCUT2D eigenvalue weighted by molar-refractivity contribution is 0.272. The number of hydrogen-bond acceptors (Lipinski definition) is 4. The van der Waals surface area contributed by atoms with Gasteiger partial charge in [0.1, 0.15) is 0 Å². The van der Waals surface area contributed by atoms with Crippen molar-refractivity contribution < 1.29 is 0 Å². The molecule has 0 unspecified atom stereocenters. The molecule has 2 rings (SSSR count). The average Bonchev–Trinajstić information content (AvgIpc) is 2.34. The molecule has 0 aliphatic carbocycles. The van der Waals surface area contributed by atoms with Crippen LogP contribution in [-0.4, -0.2) is 53.7 Å². The molecule has 94 valence electrons. The van der Waals surface area contributed by atoms with E-state index in [1.165, 1.54) is 0 Å². The summed E-state index contributed by atoms with van der Waals surface area (Å²) in [5.74, 6) is 0.670. The van der Waals surface area contributed by atoms with Crippen LogP contribution < -0.4 is 4.90 Å². The molecule has 0 spiro atoms. The summed E-state index contributed by atoms with van der Waals surface area (Å²) in [4.78, 5) is 4.50. The van der Waals surface area contributed by atoms with Crippen molar-refractivity contribution >= 4 is 40.5 Å². The van der Waals surface area contributed by atoms with E-state index in [2.05, 4.69) is 20.0 Å². The third-order valence-corrected chi connectivity index (χ3v) is 3.44. The van der Waals surface area contributed by atoms with E-state index < -0.39 is 0 Å². The maximum Gasteiger partial charge on any atom is 0.175 e. The smallest absolute Gasteiger partial charge is 0.175 e. The molecule has 1 fully saturated rings. The Morgan fingerprint density at radius 3 is 2.47 bits per heavy atom. The van der Waals surface area contributed by atoms with Gasteiger partial charge in [-0.25, -0.2) is 0 Å². The van der Waals surface area contributed by atoms with Crippen LogP contribution in [0.5, 0.6) is 0 Å². The number of hydrogen-bond donors (Lipinski definition) is 0. The minimum atomic E-state index is 0.368. The van der Waals surface area contributed by atoms with Crippen LogP contribution in [-0.2, 0) is 0 Å². The first kappa shape index (κ1) is 13.1. The van der Waals surface area contributed by atoms with E-state index in [0.29, 0.717) is 16.2 Å². The second kappa shape index (κ2) is 6.05. The highest BCUT2D eigenvalue weighted by atomic mass is 35.5. The summed E-state index contributed by atoms with van der Waals surface area (Å²) in [6, 6.07) is 1.76. The Hall–Kier alpha value is -0.290. The van der Waals surface area contributed by atoms with Crippen LogP contribution >= 0.6 is 34.8 Å². The topological polar surface area (TPSA) is 32.3 Å². The van der Waals surface area contributed by atoms with E-state index >= 15 is 0 Å². The Morgan fingerprint density at radius 2 is 1.82 bits per heavy atom. The van der Waals surface area contributed by atoms with Crippen molar-refractivity contribution in [2.24, 2.45) is 0 Å². The molecular weight excluding hydrogens is 282 g/mol. The zero-order valence-corrected chi connectivity index (χ0v) is 11.5. The lowest BCUT2D eigenvalue weighted by atomic mass is 10.3. The number of halogens is 3. The van der Waals surface area contributed by atoms with Crippen LogP contribution in [0.4, 0.5) is 5.69 Å². The van der Waals surface area contributed by atoms with Gasteiger partial charge in [0.05, 0.1) is 5.69 Å². The van der Waals surface area contributed by atoms with Gasteiger partial charge in [-0.3, -0.25) is 4.90 Å². The average molecular weight is 296 g/mol. The van der Waals surface area contributed by atoms with Gasteiger partial charge >= 0.3 is 0 Å². The van der Waals surface area contributed by atoms with E-state index in [4.69, 9.17) is 34.8 Å². The molecule has 17 heavy (non-hydrogen) atoms. The molecule has 0 saturated carbocycles. The van der Waals surface area contributed by atoms with Crippen LogP contribution in [0.25, 0.3) is 0 Å². The lowest BCUT2D eigenvalue weighted by Crippen LogP contribution is -2.47. The van der Waals surface area contributed by atoms with Crippen LogP contribution in [0.1, 0.15) is 0 Å². The molecule has 2 heterocycles. The minimum Gasteiger partial charge on any atom is -0.366 e. The van der Waals surface area contributed by atoms with Gasteiger partial charge in [-0.15, -0.1) is 21.8 Å². The van der Waals surface area contributed by atoms with Crippen LogP contribution in [0, 0.1) is 0 Å². The molecule has 4 nitrogen and oxygen atoms in total. The van der Waals surface area contributed by atoms with Crippen LogP contribution in [0.15, 0.2) is 6.07 Å². The number of alkyl halides is 1. The molecule has 0 atom stereocenters. The molecule has 0 bridgehead atoms. The summed E-state index contributed by atoms with van der Waals surface area (Å²) in [6.07, 6.45) is 0. The molecule has 0 aromatic carbocycles. The molecule has 0 radical (unpaired) electrons. The van der Waals surface area contributed by atoms with Crippen LogP contribution in [0.3, 0.4) is 0 Å². The number of piperazine rings is 1. The Bertz CT molecular complexity index is 380. The molecule has 0 amide bonds. The van der Waals surface area contributed by atoms with Gasteiger partial charge in [0.25, 0.3) is 0 Å². The van der Waals surface area contributed by atoms with Crippen molar-refractivity contribution in [3.05, 3.63) is 16.4 Å². The van der Waals surface area contributed by atoms with Crippen molar-refractivity contribution in [3.8, 4) is 0 Å². The Kier molecular flexibility index (Phi) is 4.68. The summed E-state index contributed by atoms with van der Waals surface area (Å²) in [7, 11) is 0. The predicted octanol–water partition coefficient (Wildman–Crippen LogP) is 2.14. The number of aromatic nitrogens is 2. The first-order valence-corrected chi connectivity index (χ1v) is 6.71. The van der Waals surface area contributed by atoms with Gasteiger partial charge in [0.15, 0.2) is 10.3 Å². The highest BCUT2D eigenvalue weighted by Gasteiger charge is 2.19. The normalized spacial score (nSPS) is 17.5. The standard InChI is InChI=1S/C10H13Cl3N4/c11-1-2-16-3-5-17(6-4-16)8-7-9(12)14-15-10(8)13/h7H,1-6H2. The zero-order valence-electron chi connectivity index (χ0n) is 9.24. The summed E-state index contributed by atoms with van der Waals surface area (Å²) in [5.41, 5.74) is 0.859. The second-order valence-electron chi connectivity index (χ2n) is 3.86.